The molecule has 0 aliphatic carbocycles. The molecule has 2 heterocycles. The molecule has 2 aromatic rings. The molecule has 0 radical (unpaired) electrons. The second kappa shape index (κ2) is 7.05. The Balaban J connectivity index is 1.70. The number of likely N-dealkylation sites (tertiary alicyclic amines) is 1. The largest absolute Gasteiger partial charge is 0.355 e. The van der Waals surface area contributed by atoms with Crippen molar-refractivity contribution in [2.75, 3.05) is 25.5 Å². The fourth-order valence-electron chi connectivity index (χ4n) is 2.77. The highest BCUT2D eigenvalue weighted by atomic mass is 16.2. The number of carbonyl (C=O) groups is 2. The number of hydrogen-bond donors (Lipinski definition) is 2. The van der Waals surface area contributed by atoms with Crippen molar-refractivity contribution in [2.24, 2.45) is 5.92 Å². The standard InChI is InChI=1S/C17H18N6O2/c1-19-16(24)12-3-2-4-14(7-12)23-9-15(20-11-23)21-17(25)13-5-6-22(8-13)10-18/h2-4,7,9,11,13H,5-6,8H2,1H3,(H,19,24)(H,21,25)/t13-/m0/s1. The van der Waals surface area contributed by atoms with Crippen LogP contribution in [0.25, 0.3) is 5.69 Å². The summed E-state index contributed by atoms with van der Waals surface area (Å²) in [5.74, 6) is -0.0759. The van der Waals surface area contributed by atoms with Crippen LogP contribution in [0.15, 0.2) is 36.8 Å². The van der Waals surface area contributed by atoms with Crippen molar-refractivity contribution >= 4 is 17.6 Å². The first-order valence-electron chi connectivity index (χ1n) is 7.92. The summed E-state index contributed by atoms with van der Waals surface area (Å²) in [5, 5.41) is 14.2. The monoisotopic (exact) mass is 338 g/mol. The van der Waals surface area contributed by atoms with Crippen LogP contribution in [-0.4, -0.2) is 46.4 Å². The fourth-order valence-corrected chi connectivity index (χ4v) is 2.77. The number of amides is 2. The van der Waals surface area contributed by atoms with E-state index >= 15 is 0 Å². The van der Waals surface area contributed by atoms with Crippen molar-refractivity contribution in [1.29, 1.82) is 5.26 Å². The summed E-state index contributed by atoms with van der Waals surface area (Å²) in [5.41, 5.74) is 1.31. The molecule has 2 amide bonds. The topological polar surface area (TPSA) is 103 Å². The molecule has 128 valence electrons. The van der Waals surface area contributed by atoms with Gasteiger partial charge in [0, 0.05) is 31.4 Å². The zero-order valence-electron chi connectivity index (χ0n) is 13.8. The van der Waals surface area contributed by atoms with E-state index < -0.39 is 0 Å². The minimum absolute atomic E-state index is 0.137. The average Bonchev–Trinajstić information content (AvgIpc) is 3.30. The van der Waals surface area contributed by atoms with Gasteiger partial charge >= 0.3 is 0 Å². The van der Waals surface area contributed by atoms with Crippen molar-refractivity contribution in [3.05, 3.63) is 42.4 Å². The van der Waals surface area contributed by atoms with Gasteiger partial charge in [0.1, 0.15) is 6.33 Å². The van der Waals surface area contributed by atoms with Crippen molar-refractivity contribution in [2.45, 2.75) is 6.42 Å². The predicted molar refractivity (Wildman–Crippen MR) is 90.9 cm³/mol. The van der Waals surface area contributed by atoms with E-state index in [2.05, 4.69) is 21.8 Å². The molecule has 0 unspecified atom stereocenters. The van der Waals surface area contributed by atoms with Gasteiger partial charge in [0.25, 0.3) is 5.91 Å². The quantitative estimate of drug-likeness (QED) is 0.809. The molecular formula is C17H18N6O2. The maximum atomic E-state index is 12.3. The van der Waals surface area contributed by atoms with Crippen molar-refractivity contribution in [1.82, 2.24) is 19.8 Å². The van der Waals surface area contributed by atoms with Gasteiger partial charge in [-0.1, -0.05) is 6.07 Å². The van der Waals surface area contributed by atoms with Crippen LogP contribution >= 0.6 is 0 Å². The molecule has 1 aromatic heterocycles. The number of nitrogens with one attached hydrogen (secondary N) is 2. The molecule has 0 spiro atoms. The molecule has 8 nitrogen and oxygen atoms in total. The Morgan fingerprint density at radius 1 is 1.40 bits per heavy atom. The Labute approximate surface area is 145 Å². The number of carbonyl (C=O) groups excluding carboxylic acids is 2. The van der Waals surface area contributed by atoms with E-state index in [0.717, 1.165) is 5.69 Å². The maximum absolute atomic E-state index is 12.3. The van der Waals surface area contributed by atoms with Gasteiger partial charge in [-0.2, -0.15) is 5.26 Å². The summed E-state index contributed by atoms with van der Waals surface area (Å²) in [6.07, 6.45) is 5.99. The molecule has 0 saturated carbocycles. The third kappa shape index (κ3) is 3.61. The molecule has 25 heavy (non-hydrogen) atoms. The first-order valence-corrected chi connectivity index (χ1v) is 7.92. The van der Waals surface area contributed by atoms with E-state index in [1.165, 1.54) is 0 Å². The van der Waals surface area contributed by atoms with Crippen LogP contribution in [0.2, 0.25) is 0 Å². The van der Waals surface area contributed by atoms with Crippen LogP contribution in [0.5, 0.6) is 0 Å². The summed E-state index contributed by atoms with van der Waals surface area (Å²) in [6.45, 7) is 1.05. The molecule has 1 fully saturated rings. The number of anilines is 1. The molecule has 1 aromatic carbocycles. The Hall–Kier alpha value is -3.34. The van der Waals surface area contributed by atoms with Crippen LogP contribution in [0.3, 0.4) is 0 Å². The van der Waals surface area contributed by atoms with Crippen molar-refractivity contribution in [3.63, 3.8) is 0 Å². The summed E-state index contributed by atoms with van der Waals surface area (Å²) in [7, 11) is 1.58. The number of nitrogens with zero attached hydrogens (tertiary/aromatic N) is 4. The first kappa shape index (κ1) is 16.5. The Morgan fingerprint density at radius 3 is 2.96 bits per heavy atom. The summed E-state index contributed by atoms with van der Waals surface area (Å²) < 4.78 is 1.73. The number of rotatable bonds is 4. The molecule has 3 rings (SSSR count). The Bertz CT molecular complexity index is 838. The predicted octanol–water partition coefficient (Wildman–Crippen LogP) is 0.973. The van der Waals surface area contributed by atoms with Crippen LogP contribution in [0, 0.1) is 17.4 Å². The lowest BCUT2D eigenvalue weighted by molar-refractivity contribution is -0.119. The smallest absolute Gasteiger partial charge is 0.251 e. The third-order valence-corrected chi connectivity index (χ3v) is 4.17. The van der Waals surface area contributed by atoms with Gasteiger partial charge < -0.3 is 20.1 Å². The second-order valence-corrected chi connectivity index (χ2v) is 5.82. The van der Waals surface area contributed by atoms with E-state index in [0.29, 0.717) is 30.9 Å². The van der Waals surface area contributed by atoms with Crippen LogP contribution < -0.4 is 10.6 Å². The van der Waals surface area contributed by atoms with Crippen LogP contribution in [-0.2, 0) is 4.79 Å². The highest BCUT2D eigenvalue weighted by molar-refractivity contribution is 5.94. The number of nitriles is 1. The van der Waals surface area contributed by atoms with Crippen molar-refractivity contribution in [3.8, 4) is 11.9 Å². The van der Waals surface area contributed by atoms with E-state index in [1.807, 2.05) is 6.07 Å². The zero-order valence-corrected chi connectivity index (χ0v) is 13.8. The molecule has 0 bridgehead atoms. The number of hydrogen-bond acceptors (Lipinski definition) is 5. The highest BCUT2D eigenvalue weighted by Gasteiger charge is 2.28. The minimum atomic E-state index is -0.207. The lowest BCUT2D eigenvalue weighted by atomic mass is 10.1. The van der Waals surface area contributed by atoms with Gasteiger partial charge in [0.05, 0.1) is 12.1 Å². The van der Waals surface area contributed by atoms with Crippen molar-refractivity contribution < 1.29 is 9.59 Å². The lowest BCUT2D eigenvalue weighted by Gasteiger charge is -2.09. The summed E-state index contributed by atoms with van der Waals surface area (Å²) in [4.78, 5) is 29.7. The first-order chi connectivity index (χ1) is 12.1. The molecule has 8 heteroatoms. The fraction of sp³-hybridized carbons (Fsp3) is 0.294. The molecule has 1 saturated heterocycles. The summed E-state index contributed by atoms with van der Waals surface area (Å²) >= 11 is 0. The van der Waals surface area contributed by atoms with Gasteiger partial charge in [-0.25, -0.2) is 4.98 Å². The number of benzene rings is 1. The second-order valence-electron chi connectivity index (χ2n) is 5.82. The Kier molecular flexibility index (Phi) is 4.66. The molecule has 1 atom stereocenters. The van der Waals surface area contributed by atoms with E-state index in [4.69, 9.17) is 5.26 Å². The molecular weight excluding hydrogens is 320 g/mol. The van der Waals surface area contributed by atoms with Gasteiger partial charge in [-0.3, -0.25) is 9.59 Å². The van der Waals surface area contributed by atoms with Gasteiger partial charge in [0.2, 0.25) is 5.91 Å². The summed E-state index contributed by atoms with van der Waals surface area (Å²) in [6, 6.07) is 7.10. The van der Waals surface area contributed by atoms with Gasteiger partial charge in [-0.15, -0.1) is 0 Å². The molecule has 1 aliphatic heterocycles. The van der Waals surface area contributed by atoms with Crippen LogP contribution in [0.1, 0.15) is 16.8 Å². The van der Waals surface area contributed by atoms with E-state index in [1.54, 1.807) is 47.2 Å². The number of aromatic nitrogens is 2. The van der Waals surface area contributed by atoms with Crippen LogP contribution in [0.4, 0.5) is 5.82 Å². The number of imidazole rings is 1. The average molecular weight is 338 g/mol. The Morgan fingerprint density at radius 2 is 2.24 bits per heavy atom. The normalized spacial score (nSPS) is 16.3. The zero-order chi connectivity index (χ0) is 17.8. The molecule has 1 aliphatic rings. The van der Waals surface area contributed by atoms with E-state index in [-0.39, 0.29) is 17.7 Å². The molecule has 2 N–H and O–H groups in total. The SMILES string of the molecule is CNC(=O)c1cccc(-n2cnc(NC(=O)[C@H]3CCN(C#N)C3)c2)c1. The maximum Gasteiger partial charge on any atom is 0.251 e. The minimum Gasteiger partial charge on any atom is -0.355 e. The van der Waals surface area contributed by atoms with Gasteiger partial charge in [-0.05, 0) is 24.6 Å². The highest BCUT2D eigenvalue weighted by Crippen LogP contribution is 2.18. The van der Waals surface area contributed by atoms with Gasteiger partial charge in [0.15, 0.2) is 12.0 Å². The third-order valence-electron chi connectivity index (χ3n) is 4.17. The van der Waals surface area contributed by atoms with E-state index in [9.17, 15) is 9.59 Å². The lowest BCUT2D eigenvalue weighted by Crippen LogP contribution is -2.25.